The molecule has 2 aromatic carbocycles. The fraction of sp³-hybridized carbons (Fsp3) is 0.125. The number of aromatic nitrogens is 3. The van der Waals surface area contributed by atoms with E-state index in [-0.39, 0.29) is 5.69 Å². The lowest BCUT2D eigenvalue weighted by molar-refractivity contribution is 0.837. The van der Waals surface area contributed by atoms with E-state index in [9.17, 15) is 4.79 Å². The molecule has 1 aromatic heterocycles. The van der Waals surface area contributed by atoms with Crippen LogP contribution in [0.25, 0.3) is 17.1 Å². The first-order chi connectivity index (χ1) is 9.65. The molecule has 0 aliphatic heterocycles. The lowest BCUT2D eigenvalue weighted by Gasteiger charge is -2.05. The van der Waals surface area contributed by atoms with E-state index < -0.39 is 0 Å². The molecule has 0 atom stereocenters. The number of H-pyrrole nitrogens is 1. The molecule has 3 aromatic rings. The van der Waals surface area contributed by atoms with Gasteiger partial charge in [-0.15, -0.1) is 5.10 Å². The van der Waals surface area contributed by atoms with E-state index in [1.165, 1.54) is 4.68 Å². The van der Waals surface area contributed by atoms with Crippen molar-refractivity contribution in [2.75, 3.05) is 0 Å². The summed E-state index contributed by atoms with van der Waals surface area (Å²) in [4.78, 5) is 14.9. The van der Waals surface area contributed by atoms with Gasteiger partial charge in [0, 0.05) is 5.56 Å². The molecule has 0 aliphatic carbocycles. The molecular weight excluding hydrogens is 250 g/mol. The Morgan fingerprint density at radius 1 is 1.05 bits per heavy atom. The fourth-order valence-corrected chi connectivity index (χ4v) is 2.16. The van der Waals surface area contributed by atoms with Crippen LogP contribution in [0.15, 0.2) is 53.3 Å². The van der Waals surface area contributed by atoms with E-state index in [4.69, 9.17) is 0 Å². The summed E-state index contributed by atoms with van der Waals surface area (Å²) >= 11 is 0. The van der Waals surface area contributed by atoms with Crippen LogP contribution in [-0.2, 0) is 0 Å². The van der Waals surface area contributed by atoms with Crippen LogP contribution in [0.1, 0.15) is 11.1 Å². The number of hydrogen-bond acceptors (Lipinski definition) is 2. The number of aryl methyl sites for hydroxylation is 2. The van der Waals surface area contributed by atoms with Gasteiger partial charge in [0.15, 0.2) is 5.82 Å². The molecule has 0 amide bonds. The first-order valence-corrected chi connectivity index (χ1v) is 6.47. The molecule has 1 N–H and O–H groups in total. The minimum absolute atomic E-state index is 0.224. The molecule has 4 heteroatoms. The Bertz CT molecular complexity index is 800. The number of aromatic amines is 1. The lowest BCUT2D eigenvalue weighted by atomic mass is 10.1. The lowest BCUT2D eigenvalue weighted by Crippen LogP contribution is -2.17. The third-order valence-electron chi connectivity index (χ3n) is 3.26. The van der Waals surface area contributed by atoms with Crippen LogP contribution in [0.4, 0.5) is 0 Å². The maximum Gasteiger partial charge on any atom is 0.348 e. The van der Waals surface area contributed by atoms with Crippen LogP contribution in [0.5, 0.6) is 0 Å². The zero-order chi connectivity index (χ0) is 14.1. The summed E-state index contributed by atoms with van der Waals surface area (Å²) in [6.07, 6.45) is 0. The molecule has 0 saturated heterocycles. The van der Waals surface area contributed by atoms with E-state index in [1.54, 1.807) is 0 Å². The van der Waals surface area contributed by atoms with Gasteiger partial charge in [-0.05, 0) is 31.0 Å². The summed E-state index contributed by atoms with van der Waals surface area (Å²) in [5.74, 6) is 0.580. The predicted molar refractivity (Wildman–Crippen MR) is 79.1 cm³/mol. The van der Waals surface area contributed by atoms with Crippen molar-refractivity contribution in [1.29, 1.82) is 0 Å². The molecule has 0 bridgehead atoms. The third-order valence-corrected chi connectivity index (χ3v) is 3.26. The van der Waals surface area contributed by atoms with Crippen molar-refractivity contribution < 1.29 is 0 Å². The zero-order valence-corrected chi connectivity index (χ0v) is 11.4. The first-order valence-electron chi connectivity index (χ1n) is 6.47. The highest BCUT2D eigenvalue weighted by Crippen LogP contribution is 2.16. The van der Waals surface area contributed by atoms with Gasteiger partial charge in [0.1, 0.15) is 0 Å². The first kappa shape index (κ1) is 12.4. The van der Waals surface area contributed by atoms with Gasteiger partial charge >= 0.3 is 5.69 Å². The van der Waals surface area contributed by atoms with E-state index in [0.717, 1.165) is 22.4 Å². The number of benzene rings is 2. The highest BCUT2D eigenvalue weighted by molar-refractivity contribution is 5.54. The summed E-state index contributed by atoms with van der Waals surface area (Å²) in [7, 11) is 0. The van der Waals surface area contributed by atoms with Crippen molar-refractivity contribution in [3.8, 4) is 17.1 Å². The fourth-order valence-electron chi connectivity index (χ4n) is 2.16. The van der Waals surface area contributed by atoms with Gasteiger partial charge in [-0.3, -0.25) is 4.98 Å². The van der Waals surface area contributed by atoms with Crippen molar-refractivity contribution in [2.24, 2.45) is 0 Å². The van der Waals surface area contributed by atoms with E-state index in [1.807, 2.05) is 62.4 Å². The molecule has 1 heterocycles. The maximum atomic E-state index is 12.1. The molecule has 4 nitrogen and oxygen atoms in total. The van der Waals surface area contributed by atoms with Gasteiger partial charge in [-0.2, -0.15) is 4.68 Å². The number of rotatable bonds is 2. The molecular formula is C16H15N3O. The summed E-state index contributed by atoms with van der Waals surface area (Å²) in [5, 5.41) is 4.40. The predicted octanol–water partition coefficient (Wildman–Crippen LogP) is 2.84. The molecule has 0 saturated carbocycles. The second kappa shape index (κ2) is 4.81. The Labute approximate surface area is 116 Å². The molecule has 0 unspecified atom stereocenters. The van der Waals surface area contributed by atoms with E-state index >= 15 is 0 Å². The van der Waals surface area contributed by atoms with Crippen molar-refractivity contribution in [3.63, 3.8) is 0 Å². The van der Waals surface area contributed by atoms with Crippen molar-refractivity contribution in [3.05, 3.63) is 70.1 Å². The summed E-state index contributed by atoms with van der Waals surface area (Å²) in [6.45, 7) is 3.97. The Morgan fingerprint density at radius 2 is 1.80 bits per heavy atom. The van der Waals surface area contributed by atoms with Gasteiger partial charge in [-0.1, -0.05) is 42.5 Å². The minimum Gasteiger partial charge on any atom is -0.288 e. The molecule has 0 fully saturated rings. The van der Waals surface area contributed by atoms with Gasteiger partial charge in [0.25, 0.3) is 0 Å². The van der Waals surface area contributed by atoms with Gasteiger partial charge in [-0.25, -0.2) is 4.79 Å². The second-order valence-corrected chi connectivity index (χ2v) is 4.85. The third kappa shape index (κ3) is 2.16. The van der Waals surface area contributed by atoms with Crippen LogP contribution in [0.3, 0.4) is 0 Å². The van der Waals surface area contributed by atoms with E-state index in [2.05, 4.69) is 10.1 Å². The number of hydrogen-bond donors (Lipinski definition) is 1. The van der Waals surface area contributed by atoms with Crippen LogP contribution in [0.2, 0.25) is 0 Å². The van der Waals surface area contributed by atoms with Gasteiger partial charge in [0.2, 0.25) is 0 Å². The monoisotopic (exact) mass is 265 g/mol. The minimum atomic E-state index is -0.224. The van der Waals surface area contributed by atoms with Crippen LogP contribution in [-0.4, -0.2) is 14.8 Å². The summed E-state index contributed by atoms with van der Waals surface area (Å²) in [5.41, 5.74) is 3.60. The van der Waals surface area contributed by atoms with Crippen LogP contribution >= 0.6 is 0 Å². The molecule has 0 aliphatic rings. The molecule has 0 spiro atoms. The van der Waals surface area contributed by atoms with Gasteiger partial charge in [0.05, 0.1) is 5.69 Å². The van der Waals surface area contributed by atoms with Crippen molar-refractivity contribution in [1.82, 2.24) is 14.8 Å². The Morgan fingerprint density at radius 3 is 2.55 bits per heavy atom. The van der Waals surface area contributed by atoms with Crippen molar-refractivity contribution in [2.45, 2.75) is 13.8 Å². The second-order valence-electron chi connectivity index (χ2n) is 4.85. The average Bonchev–Trinajstić information content (AvgIpc) is 2.84. The molecule has 3 rings (SSSR count). The maximum absolute atomic E-state index is 12.1. The van der Waals surface area contributed by atoms with Crippen LogP contribution in [0, 0.1) is 13.8 Å². The Hall–Kier alpha value is -2.62. The molecule has 0 radical (unpaired) electrons. The van der Waals surface area contributed by atoms with Crippen LogP contribution < -0.4 is 5.69 Å². The topological polar surface area (TPSA) is 50.7 Å². The smallest absolute Gasteiger partial charge is 0.288 e. The van der Waals surface area contributed by atoms with Gasteiger partial charge < -0.3 is 0 Å². The number of nitrogens with zero attached hydrogens (tertiary/aromatic N) is 2. The molecule has 100 valence electrons. The van der Waals surface area contributed by atoms with Crippen molar-refractivity contribution >= 4 is 0 Å². The Kier molecular flexibility index (Phi) is 2.99. The van der Waals surface area contributed by atoms with E-state index in [0.29, 0.717) is 5.82 Å². The normalized spacial score (nSPS) is 10.7. The molecule has 20 heavy (non-hydrogen) atoms. The quantitative estimate of drug-likeness (QED) is 0.774. The highest BCUT2D eigenvalue weighted by atomic mass is 16.1. The average molecular weight is 265 g/mol. The standard InChI is InChI=1S/C16H15N3O/c1-11-8-9-12(2)14(10-11)19-16(20)17-15(18-19)13-6-4-3-5-7-13/h3-10H,1-2H3,(H,17,18,20). The highest BCUT2D eigenvalue weighted by Gasteiger charge is 2.10. The Balaban J connectivity index is 2.15. The SMILES string of the molecule is Cc1ccc(C)c(-n2nc(-c3ccccc3)[nH]c2=O)c1. The summed E-state index contributed by atoms with van der Waals surface area (Å²) < 4.78 is 1.42. The zero-order valence-electron chi connectivity index (χ0n) is 11.4. The number of nitrogens with one attached hydrogen (secondary N) is 1. The largest absolute Gasteiger partial charge is 0.348 e. The summed E-state index contributed by atoms with van der Waals surface area (Å²) in [6, 6.07) is 15.6.